The Bertz CT molecular complexity index is 308. The van der Waals surface area contributed by atoms with E-state index in [2.05, 4.69) is 0 Å². The van der Waals surface area contributed by atoms with Gasteiger partial charge in [0.15, 0.2) is 11.6 Å². The van der Waals surface area contributed by atoms with Crippen molar-refractivity contribution in [1.29, 1.82) is 0 Å². The lowest BCUT2D eigenvalue weighted by Gasteiger charge is -2.08. The van der Waals surface area contributed by atoms with E-state index < -0.39 is 18.2 Å². The fourth-order valence-corrected chi connectivity index (χ4v) is 1.12. The highest BCUT2D eigenvalue weighted by atomic mass is 19.2. The van der Waals surface area contributed by atoms with Crippen molar-refractivity contribution in [2.75, 3.05) is 0 Å². The first kappa shape index (κ1) is 10.1. The second kappa shape index (κ2) is 3.83. The fourth-order valence-electron chi connectivity index (χ4n) is 1.12. The minimum Gasteiger partial charge on any atom is -0.392 e. The lowest BCUT2D eigenvalue weighted by Crippen LogP contribution is -1.98. The van der Waals surface area contributed by atoms with Crippen LogP contribution in [0, 0.1) is 11.6 Å². The number of rotatable bonds is 2. The number of hydrogen-bond donors (Lipinski definition) is 1. The van der Waals surface area contributed by atoms with Crippen LogP contribution in [0.2, 0.25) is 0 Å². The Labute approximate surface area is 76.0 Å². The van der Waals surface area contributed by atoms with Gasteiger partial charge in [-0.15, -0.1) is 0 Å². The SMILES string of the molecule is CC(C)c1cc(F)c(F)c(CO)c1. The van der Waals surface area contributed by atoms with Crippen LogP contribution in [0.5, 0.6) is 0 Å². The molecule has 0 heterocycles. The molecule has 1 nitrogen and oxygen atoms in total. The maximum atomic E-state index is 12.9. The molecule has 1 aromatic carbocycles. The van der Waals surface area contributed by atoms with Gasteiger partial charge in [-0.1, -0.05) is 19.9 Å². The van der Waals surface area contributed by atoms with Crippen molar-refractivity contribution in [3.05, 3.63) is 34.9 Å². The van der Waals surface area contributed by atoms with Crippen molar-refractivity contribution in [2.24, 2.45) is 0 Å². The first-order valence-electron chi connectivity index (χ1n) is 4.15. The average Bonchev–Trinajstić information content (AvgIpc) is 2.09. The van der Waals surface area contributed by atoms with Crippen LogP contribution in [0.15, 0.2) is 12.1 Å². The number of halogens is 2. The molecule has 72 valence electrons. The Morgan fingerprint density at radius 1 is 1.31 bits per heavy atom. The third-order valence-electron chi connectivity index (χ3n) is 1.96. The predicted molar refractivity (Wildman–Crippen MR) is 46.4 cm³/mol. The van der Waals surface area contributed by atoms with Crippen LogP contribution >= 0.6 is 0 Å². The van der Waals surface area contributed by atoms with Gasteiger partial charge in [-0.2, -0.15) is 0 Å². The molecular weight excluding hydrogens is 174 g/mol. The summed E-state index contributed by atoms with van der Waals surface area (Å²) in [6.07, 6.45) is 0. The van der Waals surface area contributed by atoms with Crippen LogP contribution in [-0.4, -0.2) is 5.11 Å². The summed E-state index contributed by atoms with van der Waals surface area (Å²) < 4.78 is 25.8. The van der Waals surface area contributed by atoms with Gasteiger partial charge in [0.05, 0.1) is 6.61 Å². The normalized spacial score (nSPS) is 10.9. The van der Waals surface area contributed by atoms with Crippen LogP contribution in [0.3, 0.4) is 0 Å². The molecule has 0 saturated carbocycles. The number of hydrogen-bond acceptors (Lipinski definition) is 1. The highest BCUT2D eigenvalue weighted by Crippen LogP contribution is 2.20. The van der Waals surface area contributed by atoms with Crippen LogP contribution in [0.25, 0.3) is 0 Å². The molecule has 1 rings (SSSR count). The second-order valence-corrected chi connectivity index (χ2v) is 3.29. The summed E-state index contributed by atoms with van der Waals surface area (Å²) in [5, 5.41) is 8.74. The Morgan fingerprint density at radius 2 is 1.92 bits per heavy atom. The number of aliphatic hydroxyl groups excluding tert-OH is 1. The molecule has 0 amide bonds. The maximum absolute atomic E-state index is 12.9. The molecule has 0 atom stereocenters. The first-order valence-corrected chi connectivity index (χ1v) is 4.15. The van der Waals surface area contributed by atoms with Gasteiger partial charge in [-0.3, -0.25) is 0 Å². The van der Waals surface area contributed by atoms with E-state index in [0.29, 0.717) is 5.56 Å². The van der Waals surface area contributed by atoms with Gasteiger partial charge < -0.3 is 5.11 Å². The summed E-state index contributed by atoms with van der Waals surface area (Å²) in [4.78, 5) is 0. The summed E-state index contributed by atoms with van der Waals surface area (Å²) in [6.45, 7) is 3.30. The highest BCUT2D eigenvalue weighted by Gasteiger charge is 2.11. The van der Waals surface area contributed by atoms with Gasteiger partial charge in [0.2, 0.25) is 0 Å². The Balaban J connectivity index is 3.22. The van der Waals surface area contributed by atoms with Crippen molar-refractivity contribution in [3.63, 3.8) is 0 Å². The summed E-state index contributed by atoms with van der Waals surface area (Å²) in [5.41, 5.74) is 0.714. The molecule has 0 spiro atoms. The van der Waals surface area contributed by atoms with E-state index in [1.807, 2.05) is 13.8 Å². The molecule has 0 radical (unpaired) electrons. The third kappa shape index (κ3) is 2.04. The van der Waals surface area contributed by atoms with Crippen molar-refractivity contribution < 1.29 is 13.9 Å². The molecule has 0 aliphatic rings. The zero-order valence-electron chi connectivity index (χ0n) is 7.64. The van der Waals surface area contributed by atoms with Gasteiger partial charge in [-0.05, 0) is 17.5 Å². The highest BCUT2D eigenvalue weighted by molar-refractivity contribution is 5.27. The van der Waals surface area contributed by atoms with E-state index in [1.54, 1.807) is 0 Å². The monoisotopic (exact) mass is 186 g/mol. The predicted octanol–water partition coefficient (Wildman–Crippen LogP) is 2.58. The maximum Gasteiger partial charge on any atom is 0.164 e. The molecular formula is C10H12F2O. The topological polar surface area (TPSA) is 20.2 Å². The zero-order valence-corrected chi connectivity index (χ0v) is 7.64. The van der Waals surface area contributed by atoms with Gasteiger partial charge in [-0.25, -0.2) is 8.78 Å². The standard InChI is InChI=1S/C10H12F2O/c1-6(2)7-3-8(5-13)10(12)9(11)4-7/h3-4,6,13H,5H2,1-2H3. The van der Waals surface area contributed by atoms with Crippen molar-refractivity contribution in [1.82, 2.24) is 0 Å². The Morgan fingerprint density at radius 3 is 2.38 bits per heavy atom. The second-order valence-electron chi connectivity index (χ2n) is 3.29. The molecule has 0 unspecified atom stereocenters. The smallest absolute Gasteiger partial charge is 0.164 e. The van der Waals surface area contributed by atoms with Crippen LogP contribution in [-0.2, 0) is 6.61 Å². The molecule has 1 N–H and O–H groups in total. The minimum atomic E-state index is -0.952. The molecule has 1 aromatic rings. The van der Waals surface area contributed by atoms with E-state index in [-0.39, 0.29) is 11.5 Å². The molecule has 13 heavy (non-hydrogen) atoms. The molecule has 0 aliphatic carbocycles. The molecule has 0 aliphatic heterocycles. The minimum absolute atomic E-state index is 0.0173. The van der Waals surface area contributed by atoms with E-state index in [9.17, 15) is 8.78 Å². The van der Waals surface area contributed by atoms with E-state index in [4.69, 9.17) is 5.11 Å². The van der Waals surface area contributed by atoms with E-state index in [0.717, 1.165) is 0 Å². The first-order chi connectivity index (χ1) is 6.06. The number of benzene rings is 1. The van der Waals surface area contributed by atoms with Gasteiger partial charge in [0.1, 0.15) is 0 Å². The fraction of sp³-hybridized carbons (Fsp3) is 0.400. The van der Waals surface area contributed by atoms with Gasteiger partial charge in [0, 0.05) is 5.56 Å². The Kier molecular flexibility index (Phi) is 2.98. The molecule has 0 fully saturated rings. The van der Waals surface area contributed by atoms with Crippen molar-refractivity contribution >= 4 is 0 Å². The summed E-state index contributed by atoms with van der Waals surface area (Å²) in [6, 6.07) is 2.66. The lowest BCUT2D eigenvalue weighted by atomic mass is 10.0. The van der Waals surface area contributed by atoms with Gasteiger partial charge in [0.25, 0.3) is 0 Å². The molecule has 0 aromatic heterocycles. The molecule has 3 heteroatoms. The zero-order chi connectivity index (χ0) is 10.0. The summed E-state index contributed by atoms with van der Waals surface area (Å²) in [7, 11) is 0. The molecule has 0 saturated heterocycles. The van der Waals surface area contributed by atoms with Crippen molar-refractivity contribution in [3.8, 4) is 0 Å². The Hall–Kier alpha value is -0.960. The quantitative estimate of drug-likeness (QED) is 0.752. The van der Waals surface area contributed by atoms with Gasteiger partial charge >= 0.3 is 0 Å². The van der Waals surface area contributed by atoms with Crippen LogP contribution in [0.4, 0.5) is 8.78 Å². The largest absolute Gasteiger partial charge is 0.392 e. The summed E-state index contributed by atoms with van der Waals surface area (Å²) >= 11 is 0. The number of aliphatic hydroxyl groups is 1. The average molecular weight is 186 g/mol. The van der Waals surface area contributed by atoms with E-state index >= 15 is 0 Å². The van der Waals surface area contributed by atoms with Crippen LogP contribution in [0.1, 0.15) is 30.9 Å². The lowest BCUT2D eigenvalue weighted by molar-refractivity contribution is 0.273. The third-order valence-corrected chi connectivity index (χ3v) is 1.96. The van der Waals surface area contributed by atoms with Crippen molar-refractivity contribution in [2.45, 2.75) is 26.4 Å². The summed E-state index contributed by atoms with van der Waals surface area (Å²) in [5.74, 6) is -1.72. The van der Waals surface area contributed by atoms with Crippen LogP contribution < -0.4 is 0 Å². The molecule has 0 bridgehead atoms. The van der Waals surface area contributed by atoms with E-state index in [1.165, 1.54) is 12.1 Å².